The number of nitrogens with one attached hydrogen (secondary N) is 1. The fourth-order valence-corrected chi connectivity index (χ4v) is 2.31. The molecule has 4 heteroatoms. The van der Waals surface area contributed by atoms with E-state index in [0.717, 1.165) is 19.6 Å². The van der Waals surface area contributed by atoms with E-state index in [9.17, 15) is 0 Å². The second-order valence-electron chi connectivity index (χ2n) is 4.35. The standard InChI is InChI=1S/C15H16N2.2ClH/c1-2-6-13(7-3-1)12-17-11-10-16-14-8-4-5-9-15(14)17;;/h1-9,16H,10-12H2;2*1H. The van der Waals surface area contributed by atoms with Crippen molar-refractivity contribution in [1.29, 1.82) is 0 Å². The lowest BCUT2D eigenvalue weighted by Gasteiger charge is -2.32. The zero-order chi connectivity index (χ0) is 11.5. The van der Waals surface area contributed by atoms with Gasteiger partial charge in [0.2, 0.25) is 0 Å². The van der Waals surface area contributed by atoms with Crippen molar-refractivity contribution in [3.05, 3.63) is 60.2 Å². The Morgan fingerprint density at radius 2 is 1.58 bits per heavy atom. The van der Waals surface area contributed by atoms with Gasteiger partial charge in [0.05, 0.1) is 11.4 Å². The Hall–Kier alpha value is -1.38. The highest BCUT2D eigenvalue weighted by Crippen LogP contribution is 2.29. The molecule has 1 N–H and O–H groups in total. The molecule has 102 valence electrons. The van der Waals surface area contributed by atoms with Gasteiger partial charge in [-0.15, -0.1) is 24.8 Å². The molecule has 0 bridgehead atoms. The number of anilines is 2. The molecule has 1 aliphatic heterocycles. The van der Waals surface area contributed by atoms with Crippen molar-refractivity contribution < 1.29 is 0 Å². The third-order valence-corrected chi connectivity index (χ3v) is 3.16. The summed E-state index contributed by atoms with van der Waals surface area (Å²) in [6.45, 7) is 3.06. The molecule has 0 unspecified atom stereocenters. The van der Waals surface area contributed by atoms with Crippen molar-refractivity contribution in [2.75, 3.05) is 23.3 Å². The normalized spacial score (nSPS) is 12.5. The van der Waals surface area contributed by atoms with Crippen LogP contribution in [0.3, 0.4) is 0 Å². The molecule has 0 fully saturated rings. The summed E-state index contributed by atoms with van der Waals surface area (Å²) in [7, 11) is 0. The number of rotatable bonds is 2. The summed E-state index contributed by atoms with van der Waals surface area (Å²) in [5.74, 6) is 0. The van der Waals surface area contributed by atoms with E-state index < -0.39 is 0 Å². The number of fused-ring (bicyclic) bond motifs is 1. The summed E-state index contributed by atoms with van der Waals surface area (Å²) >= 11 is 0. The first-order chi connectivity index (χ1) is 8.43. The van der Waals surface area contributed by atoms with Gasteiger partial charge in [-0.25, -0.2) is 0 Å². The molecule has 2 aromatic rings. The minimum absolute atomic E-state index is 0. The minimum atomic E-state index is 0. The van der Waals surface area contributed by atoms with E-state index in [1.54, 1.807) is 0 Å². The van der Waals surface area contributed by atoms with Crippen LogP contribution in [0.1, 0.15) is 5.56 Å². The molecule has 19 heavy (non-hydrogen) atoms. The van der Waals surface area contributed by atoms with E-state index in [4.69, 9.17) is 0 Å². The Morgan fingerprint density at radius 3 is 2.37 bits per heavy atom. The molecule has 3 rings (SSSR count). The maximum absolute atomic E-state index is 3.44. The van der Waals surface area contributed by atoms with E-state index in [0.29, 0.717) is 0 Å². The van der Waals surface area contributed by atoms with Gasteiger partial charge in [0.15, 0.2) is 0 Å². The van der Waals surface area contributed by atoms with E-state index in [1.807, 2.05) is 0 Å². The van der Waals surface area contributed by atoms with Crippen LogP contribution in [0, 0.1) is 0 Å². The van der Waals surface area contributed by atoms with Crippen molar-refractivity contribution in [1.82, 2.24) is 0 Å². The van der Waals surface area contributed by atoms with Crippen LogP contribution in [0.2, 0.25) is 0 Å². The number of benzene rings is 2. The van der Waals surface area contributed by atoms with Crippen molar-refractivity contribution in [2.24, 2.45) is 0 Å². The second-order valence-corrected chi connectivity index (χ2v) is 4.35. The second kappa shape index (κ2) is 7.27. The van der Waals surface area contributed by atoms with Gasteiger partial charge in [0, 0.05) is 19.6 Å². The molecular weight excluding hydrogens is 279 g/mol. The smallest absolute Gasteiger partial charge is 0.0605 e. The number of para-hydroxylation sites is 2. The van der Waals surface area contributed by atoms with E-state index >= 15 is 0 Å². The van der Waals surface area contributed by atoms with Gasteiger partial charge in [0.25, 0.3) is 0 Å². The van der Waals surface area contributed by atoms with Crippen molar-refractivity contribution >= 4 is 36.2 Å². The number of hydrogen-bond acceptors (Lipinski definition) is 2. The van der Waals surface area contributed by atoms with Gasteiger partial charge in [-0.1, -0.05) is 42.5 Å². The summed E-state index contributed by atoms with van der Waals surface area (Å²) in [4.78, 5) is 2.43. The molecule has 0 aliphatic carbocycles. The molecule has 0 aromatic heterocycles. The van der Waals surface area contributed by atoms with Crippen molar-refractivity contribution in [2.45, 2.75) is 6.54 Å². The first-order valence-corrected chi connectivity index (χ1v) is 6.05. The first kappa shape index (κ1) is 15.7. The fraction of sp³-hybridized carbons (Fsp3) is 0.200. The molecule has 1 aliphatic rings. The summed E-state index contributed by atoms with van der Waals surface area (Å²) in [6.07, 6.45) is 0. The zero-order valence-electron chi connectivity index (χ0n) is 10.6. The third-order valence-electron chi connectivity index (χ3n) is 3.16. The lowest BCUT2D eigenvalue weighted by molar-refractivity contribution is 0.787. The molecule has 0 spiro atoms. The highest BCUT2D eigenvalue weighted by atomic mass is 35.5. The van der Waals surface area contributed by atoms with Gasteiger partial charge >= 0.3 is 0 Å². The van der Waals surface area contributed by atoms with Crippen LogP contribution >= 0.6 is 24.8 Å². The van der Waals surface area contributed by atoms with Gasteiger partial charge < -0.3 is 10.2 Å². The molecule has 0 radical (unpaired) electrons. The van der Waals surface area contributed by atoms with E-state index in [2.05, 4.69) is 64.8 Å². The van der Waals surface area contributed by atoms with Gasteiger partial charge in [-0.2, -0.15) is 0 Å². The lowest BCUT2D eigenvalue weighted by atomic mass is 10.1. The molecule has 0 saturated heterocycles. The highest BCUT2D eigenvalue weighted by Gasteiger charge is 2.15. The molecule has 2 nitrogen and oxygen atoms in total. The Balaban J connectivity index is 0.000000902. The predicted molar refractivity (Wildman–Crippen MR) is 86.9 cm³/mol. The Kier molecular flexibility index (Phi) is 6.00. The van der Waals surface area contributed by atoms with Crippen LogP contribution in [-0.2, 0) is 6.54 Å². The average Bonchev–Trinajstić information content (AvgIpc) is 2.40. The Morgan fingerprint density at radius 1 is 0.895 bits per heavy atom. The molecule has 1 heterocycles. The van der Waals surface area contributed by atoms with Crippen LogP contribution in [-0.4, -0.2) is 13.1 Å². The van der Waals surface area contributed by atoms with E-state index in [-0.39, 0.29) is 24.8 Å². The molecule has 0 amide bonds. The number of hydrogen-bond donors (Lipinski definition) is 1. The Labute approximate surface area is 126 Å². The quantitative estimate of drug-likeness (QED) is 0.902. The summed E-state index contributed by atoms with van der Waals surface area (Å²) in [5, 5.41) is 3.44. The maximum atomic E-state index is 3.44. The van der Waals surface area contributed by atoms with Crippen LogP contribution < -0.4 is 10.2 Å². The predicted octanol–water partition coefficient (Wildman–Crippen LogP) is 3.96. The maximum Gasteiger partial charge on any atom is 0.0605 e. The minimum Gasteiger partial charge on any atom is -0.382 e. The number of nitrogens with zero attached hydrogens (tertiary/aromatic N) is 1. The highest BCUT2D eigenvalue weighted by molar-refractivity contribution is 5.85. The van der Waals surface area contributed by atoms with Crippen LogP contribution in [0.5, 0.6) is 0 Å². The topological polar surface area (TPSA) is 15.3 Å². The molecule has 0 saturated carbocycles. The Bertz CT molecular complexity index is 503. The largest absolute Gasteiger partial charge is 0.382 e. The van der Waals surface area contributed by atoms with Crippen LogP contribution in [0.4, 0.5) is 11.4 Å². The molecular formula is C15H18Cl2N2. The first-order valence-electron chi connectivity index (χ1n) is 6.05. The average molecular weight is 297 g/mol. The fourth-order valence-electron chi connectivity index (χ4n) is 2.31. The monoisotopic (exact) mass is 296 g/mol. The third kappa shape index (κ3) is 3.55. The van der Waals surface area contributed by atoms with Crippen molar-refractivity contribution in [3.63, 3.8) is 0 Å². The molecule has 0 atom stereocenters. The van der Waals surface area contributed by atoms with Gasteiger partial charge in [-0.3, -0.25) is 0 Å². The zero-order valence-corrected chi connectivity index (χ0v) is 12.2. The van der Waals surface area contributed by atoms with Crippen LogP contribution in [0.25, 0.3) is 0 Å². The van der Waals surface area contributed by atoms with E-state index in [1.165, 1.54) is 16.9 Å². The van der Waals surface area contributed by atoms with Crippen LogP contribution in [0.15, 0.2) is 54.6 Å². The lowest BCUT2D eigenvalue weighted by Crippen LogP contribution is -2.33. The summed E-state index contributed by atoms with van der Waals surface area (Å²) in [6, 6.07) is 19.1. The van der Waals surface area contributed by atoms with Crippen molar-refractivity contribution in [3.8, 4) is 0 Å². The SMILES string of the molecule is Cl.Cl.c1ccc(CN2CCNc3ccccc32)cc1. The molecule has 2 aromatic carbocycles. The summed E-state index contributed by atoms with van der Waals surface area (Å²) in [5.41, 5.74) is 3.92. The summed E-state index contributed by atoms with van der Waals surface area (Å²) < 4.78 is 0. The number of halogens is 2. The van der Waals surface area contributed by atoms with Gasteiger partial charge in [0.1, 0.15) is 0 Å². The van der Waals surface area contributed by atoms with Gasteiger partial charge in [-0.05, 0) is 17.7 Å².